The topological polar surface area (TPSA) is 68.2 Å². The van der Waals surface area contributed by atoms with Gasteiger partial charge in [-0.25, -0.2) is 0 Å². The van der Waals surface area contributed by atoms with Crippen molar-refractivity contribution in [2.45, 2.75) is 19.4 Å². The first kappa shape index (κ1) is 14.5. The predicted octanol–water partition coefficient (Wildman–Crippen LogP) is 1.50. The van der Waals surface area contributed by atoms with Crippen molar-refractivity contribution in [3.63, 3.8) is 0 Å². The summed E-state index contributed by atoms with van der Waals surface area (Å²) >= 11 is 0. The highest BCUT2D eigenvalue weighted by molar-refractivity contribution is 5.88. The van der Waals surface area contributed by atoms with Gasteiger partial charge in [-0.2, -0.15) is 5.26 Å². The molecule has 106 valence electrons. The number of benzene rings is 1. The molecule has 1 atom stereocenters. The third-order valence-corrected chi connectivity index (χ3v) is 3.49. The van der Waals surface area contributed by atoms with Crippen molar-refractivity contribution in [1.82, 2.24) is 10.2 Å². The number of nitrogens with one attached hydrogen (secondary N) is 2. The van der Waals surface area contributed by atoms with E-state index >= 15 is 0 Å². The monoisotopic (exact) mass is 272 g/mol. The molecule has 1 amide bonds. The van der Waals surface area contributed by atoms with Gasteiger partial charge in [0.25, 0.3) is 0 Å². The first-order valence-electron chi connectivity index (χ1n) is 6.90. The molecule has 1 aromatic carbocycles. The zero-order valence-corrected chi connectivity index (χ0v) is 11.7. The number of carbonyl (C=O) groups excluding carboxylic acids is 1. The fourth-order valence-corrected chi connectivity index (χ4v) is 2.53. The molecule has 1 saturated heterocycles. The molecule has 1 fully saturated rings. The second kappa shape index (κ2) is 7.04. The van der Waals surface area contributed by atoms with Crippen LogP contribution in [-0.2, 0) is 4.79 Å². The predicted molar refractivity (Wildman–Crippen MR) is 78.2 cm³/mol. The summed E-state index contributed by atoms with van der Waals surface area (Å²) < 4.78 is 0. The van der Waals surface area contributed by atoms with Crippen molar-refractivity contribution in [2.24, 2.45) is 0 Å². The average molecular weight is 272 g/mol. The number of rotatable bonds is 4. The highest BCUT2D eigenvalue weighted by Crippen LogP contribution is 2.25. The van der Waals surface area contributed by atoms with Crippen LogP contribution in [0.1, 0.15) is 24.9 Å². The average Bonchev–Trinajstić information content (AvgIpc) is 2.46. The SMILES string of the molecule is CC(=O)Nc1ccc([C@H](CC#N)N2CCNCC2)cc1. The Balaban J connectivity index is 2.12. The first-order valence-corrected chi connectivity index (χ1v) is 6.90. The molecule has 20 heavy (non-hydrogen) atoms. The number of hydrogen-bond donors (Lipinski definition) is 2. The standard InChI is InChI=1S/C15H20N4O/c1-12(20)18-14-4-2-13(3-5-14)15(6-7-16)19-10-8-17-9-11-19/h2-5,15,17H,6,8-11H2,1H3,(H,18,20)/t15-/m0/s1. The Bertz CT molecular complexity index is 486. The number of nitriles is 1. The van der Waals surface area contributed by atoms with Gasteiger partial charge in [-0.15, -0.1) is 0 Å². The molecular weight excluding hydrogens is 252 g/mol. The molecule has 0 bridgehead atoms. The normalized spacial score (nSPS) is 17.2. The molecule has 2 N–H and O–H groups in total. The lowest BCUT2D eigenvalue weighted by atomic mass is 10.0. The number of nitrogens with zero attached hydrogens (tertiary/aromatic N) is 2. The molecule has 5 heteroatoms. The van der Waals surface area contributed by atoms with Crippen LogP contribution >= 0.6 is 0 Å². The summed E-state index contributed by atoms with van der Waals surface area (Å²) in [4.78, 5) is 13.4. The Morgan fingerprint density at radius 1 is 1.40 bits per heavy atom. The van der Waals surface area contributed by atoms with Crippen molar-refractivity contribution < 1.29 is 4.79 Å². The van der Waals surface area contributed by atoms with Gasteiger partial charge in [0.2, 0.25) is 5.91 Å². The molecule has 0 unspecified atom stereocenters. The molecule has 1 heterocycles. The minimum atomic E-state index is -0.0755. The van der Waals surface area contributed by atoms with Gasteiger partial charge in [-0.3, -0.25) is 9.69 Å². The van der Waals surface area contributed by atoms with Crippen molar-refractivity contribution in [3.8, 4) is 6.07 Å². The Morgan fingerprint density at radius 2 is 2.05 bits per heavy atom. The van der Waals surface area contributed by atoms with E-state index in [1.54, 1.807) is 0 Å². The molecule has 5 nitrogen and oxygen atoms in total. The Hall–Kier alpha value is -1.90. The maximum Gasteiger partial charge on any atom is 0.221 e. The highest BCUT2D eigenvalue weighted by Gasteiger charge is 2.21. The third kappa shape index (κ3) is 3.80. The summed E-state index contributed by atoms with van der Waals surface area (Å²) in [5.74, 6) is -0.0755. The van der Waals surface area contributed by atoms with Gasteiger partial charge in [0.15, 0.2) is 0 Å². The van der Waals surface area contributed by atoms with E-state index in [4.69, 9.17) is 5.26 Å². The van der Waals surface area contributed by atoms with Crippen molar-refractivity contribution >= 4 is 11.6 Å². The van der Waals surface area contributed by atoms with Crippen LogP contribution in [0.3, 0.4) is 0 Å². The van der Waals surface area contributed by atoms with Gasteiger partial charge in [0, 0.05) is 44.8 Å². The van der Waals surface area contributed by atoms with Crippen LogP contribution in [-0.4, -0.2) is 37.0 Å². The van der Waals surface area contributed by atoms with Gasteiger partial charge in [0.05, 0.1) is 12.5 Å². The Labute approximate surface area is 119 Å². The van der Waals surface area contributed by atoms with E-state index in [-0.39, 0.29) is 11.9 Å². The van der Waals surface area contributed by atoms with E-state index in [1.165, 1.54) is 6.92 Å². The molecular formula is C15H20N4O. The summed E-state index contributed by atoms with van der Waals surface area (Å²) in [6, 6.07) is 10.2. The first-order chi connectivity index (χ1) is 9.70. The smallest absolute Gasteiger partial charge is 0.221 e. The Morgan fingerprint density at radius 3 is 2.60 bits per heavy atom. The van der Waals surface area contributed by atoms with Crippen LogP contribution in [0.25, 0.3) is 0 Å². The van der Waals surface area contributed by atoms with Crippen molar-refractivity contribution in [3.05, 3.63) is 29.8 Å². The summed E-state index contributed by atoms with van der Waals surface area (Å²) in [7, 11) is 0. The fraction of sp³-hybridized carbons (Fsp3) is 0.467. The molecule has 1 aromatic rings. The van der Waals surface area contributed by atoms with Crippen molar-refractivity contribution in [1.29, 1.82) is 5.26 Å². The van der Waals surface area contributed by atoms with E-state index in [1.807, 2.05) is 24.3 Å². The zero-order chi connectivity index (χ0) is 14.4. The van der Waals surface area contributed by atoms with E-state index in [0.717, 1.165) is 37.4 Å². The van der Waals surface area contributed by atoms with E-state index in [2.05, 4.69) is 21.6 Å². The minimum Gasteiger partial charge on any atom is -0.326 e. The van der Waals surface area contributed by atoms with E-state index < -0.39 is 0 Å². The zero-order valence-electron chi connectivity index (χ0n) is 11.7. The van der Waals surface area contributed by atoms with Crippen LogP contribution in [0.15, 0.2) is 24.3 Å². The maximum absolute atomic E-state index is 11.0. The largest absolute Gasteiger partial charge is 0.326 e. The molecule has 0 aromatic heterocycles. The van der Waals surface area contributed by atoms with Gasteiger partial charge in [0.1, 0.15) is 0 Å². The summed E-state index contributed by atoms with van der Waals surface area (Å²) in [6.45, 7) is 5.34. The molecule has 1 aliphatic heterocycles. The summed E-state index contributed by atoms with van der Waals surface area (Å²) in [5, 5.41) is 15.1. The Kier molecular flexibility index (Phi) is 5.10. The number of hydrogen-bond acceptors (Lipinski definition) is 4. The number of anilines is 1. The molecule has 1 aliphatic rings. The second-order valence-corrected chi connectivity index (χ2v) is 4.97. The molecule has 0 radical (unpaired) electrons. The fourth-order valence-electron chi connectivity index (χ4n) is 2.53. The van der Waals surface area contributed by atoms with Crippen LogP contribution < -0.4 is 10.6 Å². The molecule has 0 aliphatic carbocycles. The van der Waals surface area contributed by atoms with Crippen molar-refractivity contribution in [2.75, 3.05) is 31.5 Å². The van der Waals surface area contributed by atoms with Gasteiger partial charge < -0.3 is 10.6 Å². The number of amides is 1. The maximum atomic E-state index is 11.0. The third-order valence-electron chi connectivity index (χ3n) is 3.49. The summed E-state index contributed by atoms with van der Waals surface area (Å²) in [6.07, 6.45) is 0.486. The lowest BCUT2D eigenvalue weighted by molar-refractivity contribution is -0.114. The lowest BCUT2D eigenvalue weighted by Gasteiger charge is -2.34. The van der Waals surface area contributed by atoms with Gasteiger partial charge >= 0.3 is 0 Å². The van der Waals surface area contributed by atoms with Gasteiger partial charge in [-0.05, 0) is 17.7 Å². The second-order valence-electron chi connectivity index (χ2n) is 4.97. The molecule has 0 saturated carbocycles. The van der Waals surface area contributed by atoms with E-state index in [0.29, 0.717) is 6.42 Å². The van der Waals surface area contributed by atoms with Crippen LogP contribution in [0, 0.1) is 11.3 Å². The van der Waals surface area contributed by atoms with E-state index in [9.17, 15) is 4.79 Å². The molecule has 2 rings (SSSR count). The quantitative estimate of drug-likeness (QED) is 0.871. The number of carbonyl (C=O) groups is 1. The summed E-state index contributed by atoms with van der Waals surface area (Å²) in [5.41, 5.74) is 1.92. The van der Waals surface area contributed by atoms with Gasteiger partial charge in [-0.1, -0.05) is 12.1 Å². The van der Waals surface area contributed by atoms with Crippen LogP contribution in [0.4, 0.5) is 5.69 Å². The highest BCUT2D eigenvalue weighted by atomic mass is 16.1. The van der Waals surface area contributed by atoms with Crippen LogP contribution in [0.2, 0.25) is 0 Å². The number of piperazine rings is 1. The minimum absolute atomic E-state index is 0.0755. The molecule has 0 spiro atoms. The van der Waals surface area contributed by atoms with Crippen LogP contribution in [0.5, 0.6) is 0 Å². The lowest BCUT2D eigenvalue weighted by Crippen LogP contribution is -2.45.